The van der Waals surface area contributed by atoms with Crippen molar-refractivity contribution < 1.29 is 9.53 Å². The van der Waals surface area contributed by atoms with E-state index in [1.807, 2.05) is 0 Å². The molecule has 1 aromatic carbocycles. The van der Waals surface area contributed by atoms with Gasteiger partial charge in [-0.2, -0.15) is 5.10 Å². The number of hydrogen-bond acceptors (Lipinski definition) is 6. The van der Waals surface area contributed by atoms with E-state index in [-0.39, 0.29) is 11.4 Å². The van der Waals surface area contributed by atoms with Gasteiger partial charge in [0.25, 0.3) is 5.91 Å². The fourth-order valence-electron chi connectivity index (χ4n) is 2.77. The van der Waals surface area contributed by atoms with Crippen LogP contribution in [0.1, 0.15) is 10.4 Å². The van der Waals surface area contributed by atoms with Crippen molar-refractivity contribution in [2.24, 2.45) is 0 Å². The molecule has 0 saturated heterocycles. The Hall–Kier alpha value is -3.59. The molecule has 0 atom stereocenters. The Balaban J connectivity index is 1.73. The number of nitrogen functional groups attached to an aromatic ring is 1. The highest BCUT2D eigenvalue weighted by atomic mass is 35.5. The zero-order chi connectivity index (χ0) is 19.0. The van der Waals surface area contributed by atoms with E-state index in [1.165, 1.54) is 10.7 Å². The zero-order valence-corrected chi connectivity index (χ0v) is 14.9. The number of carbonyl (C=O) groups is 1. The Kier molecular flexibility index (Phi) is 4.13. The van der Waals surface area contributed by atoms with Gasteiger partial charge in [0.2, 0.25) is 0 Å². The molecule has 136 valence electrons. The van der Waals surface area contributed by atoms with Gasteiger partial charge in [-0.05, 0) is 24.3 Å². The Morgan fingerprint density at radius 1 is 1.41 bits per heavy atom. The lowest BCUT2D eigenvalue weighted by Gasteiger charge is -2.10. The summed E-state index contributed by atoms with van der Waals surface area (Å²) < 4.78 is 6.82. The molecule has 9 nitrogen and oxygen atoms in total. The van der Waals surface area contributed by atoms with E-state index in [0.29, 0.717) is 33.4 Å². The molecule has 4 N–H and O–H groups in total. The summed E-state index contributed by atoms with van der Waals surface area (Å²) in [5.74, 6) is 0.206. The second kappa shape index (κ2) is 6.61. The van der Waals surface area contributed by atoms with Crippen LogP contribution in [0.15, 0.2) is 42.9 Å². The minimum atomic E-state index is -0.454. The van der Waals surface area contributed by atoms with E-state index in [2.05, 4.69) is 25.6 Å². The van der Waals surface area contributed by atoms with Gasteiger partial charge in [0.05, 0.1) is 24.7 Å². The normalized spacial score (nSPS) is 10.9. The summed E-state index contributed by atoms with van der Waals surface area (Å²) >= 11 is 6.10. The standard InChI is InChI=1S/C17H14ClN7O2/c1-27-12-4-3-9(18)7-10(12)14-11(8-21-23-14)22-17(26)13-15(19)24-25-6-2-5-20-16(13)25/h2-8H,1H3,(H2,19,24)(H,21,23)(H,22,26). The molecule has 3 heterocycles. The number of nitrogens with two attached hydrogens (primary N) is 1. The van der Waals surface area contributed by atoms with Crippen LogP contribution in [0.3, 0.4) is 0 Å². The van der Waals surface area contributed by atoms with Crippen molar-refractivity contribution in [3.05, 3.63) is 53.4 Å². The van der Waals surface area contributed by atoms with Crippen LogP contribution in [0.25, 0.3) is 16.9 Å². The Bertz CT molecular complexity index is 1150. The van der Waals surface area contributed by atoms with Gasteiger partial charge in [0, 0.05) is 23.0 Å². The fourth-order valence-corrected chi connectivity index (χ4v) is 2.94. The van der Waals surface area contributed by atoms with Crippen LogP contribution in [0, 0.1) is 0 Å². The van der Waals surface area contributed by atoms with Crippen molar-refractivity contribution in [2.45, 2.75) is 0 Å². The molecule has 0 bridgehead atoms. The van der Waals surface area contributed by atoms with Crippen molar-refractivity contribution in [3.63, 3.8) is 0 Å². The molecule has 0 radical (unpaired) electrons. The monoisotopic (exact) mass is 383 g/mol. The highest BCUT2D eigenvalue weighted by molar-refractivity contribution is 6.31. The number of halogens is 1. The minimum Gasteiger partial charge on any atom is -0.496 e. The first-order valence-corrected chi connectivity index (χ1v) is 8.23. The largest absolute Gasteiger partial charge is 0.496 e. The van der Waals surface area contributed by atoms with Gasteiger partial charge < -0.3 is 15.8 Å². The number of rotatable bonds is 4. The quantitative estimate of drug-likeness (QED) is 0.497. The topological polar surface area (TPSA) is 123 Å². The molecule has 0 spiro atoms. The summed E-state index contributed by atoms with van der Waals surface area (Å²) in [5, 5.41) is 14.3. The second-order valence-electron chi connectivity index (χ2n) is 5.61. The van der Waals surface area contributed by atoms with E-state index < -0.39 is 5.91 Å². The van der Waals surface area contributed by atoms with Crippen molar-refractivity contribution in [3.8, 4) is 17.0 Å². The lowest BCUT2D eigenvalue weighted by atomic mass is 10.1. The lowest BCUT2D eigenvalue weighted by molar-refractivity contribution is 0.102. The van der Waals surface area contributed by atoms with E-state index in [9.17, 15) is 4.79 Å². The van der Waals surface area contributed by atoms with Gasteiger partial charge in [-0.3, -0.25) is 9.89 Å². The number of amides is 1. The molecule has 0 aliphatic heterocycles. The number of aromatic amines is 1. The maximum atomic E-state index is 12.8. The zero-order valence-electron chi connectivity index (χ0n) is 14.1. The number of benzene rings is 1. The number of nitrogens with one attached hydrogen (secondary N) is 2. The predicted molar refractivity (Wildman–Crippen MR) is 101 cm³/mol. The first kappa shape index (κ1) is 16.9. The molecule has 3 aromatic heterocycles. The van der Waals surface area contributed by atoms with Crippen LogP contribution < -0.4 is 15.8 Å². The van der Waals surface area contributed by atoms with Crippen molar-refractivity contribution in [1.29, 1.82) is 0 Å². The van der Waals surface area contributed by atoms with Crippen LogP contribution in [-0.4, -0.2) is 37.8 Å². The molecule has 0 aliphatic carbocycles. The van der Waals surface area contributed by atoms with Crippen molar-refractivity contribution in [2.75, 3.05) is 18.2 Å². The number of aromatic nitrogens is 5. The predicted octanol–water partition coefficient (Wildman–Crippen LogP) is 2.62. The van der Waals surface area contributed by atoms with Crippen LogP contribution in [0.5, 0.6) is 5.75 Å². The van der Waals surface area contributed by atoms with Gasteiger partial charge >= 0.3 is 0 Å². The van der Waals surface area contributed by atoms with Crippen molar-refractivity contribution in [1.82, 2.24) is 24.8 Å². The van der Waals surface area contributed by atoms with Crippen LogP contribution in [0.4, 0.5) is 11.5 Å². The molecule has 4 rings (SSSR count). The van der Waals surface area contributed by atoms with E-state index >= 15 is 0 Å². The summed E-state index contributed by atoms with van der Waals surface area (Å²) in [6.45, 7) is 0. The molecule has 0 fully saturated rings. The molecule has 0 saturated carbocycles. The number of fused-ring (bicyclic) bond motifs is 1. The van der Waals surface area contributed by atoms with Crippen LogP contribution >= 0.6 is 11.6 Å². The maximum absolute atomic E-state index is 12.8. The molecule has 0 aliphatic rings. The third-order valence-corrected chi connectivity index (χ3v) is 4.20. The van der Waals surface area contributed by atoms with Crippen molar-refractivity contribution >= 4 is 34.7 Å². The maximum Gasteiger partial charge on any atom is 0.263 e. The average molecular weight is 384 g/mol. The van der Waals surface area contributed by atoms with Gasteiger partial charge in [0.1, 0.15) is 11.3 Å². The minimum absolute atomic E-state index is 0.0802. The Labute approximate surface area is 158 Å². The first-order valence-electron chi connectivity index (χ1n) is 7.86. The van der Waals surface area contributed by atoms with Gasteiger partial charge in [-0.25, -0.2) is 9.50 Å². The van der Waals surface area contributed by atoms with Crippen LogP contribution in [0.2, 0.25) is 5.02 Å². The number of carbonyl (C=O) groups excluding carboxylic acids is 1. The highest BCUT2D eigenvalue weighted by Gasteiger charge is 2.22. The third-order valence-electron chi connectivity index (χ3n) is 3.97. The smallest absolute Gasteiger partial charge is 0.263 e. The summed E-state index contributed by atoms with van der Waals surface area (Å²) in [6, 6.07) is 6.86. The van der Waals surface area contributed by atoms with E-state index in [1.54, 1.807) is 43.8 Å². The number of nitrogens with zero attached hydrogens (tertiary/aromatic N) is 4. The van der Waals surface area contributed by atoms with Gasteiger partial charge in [0.15, 0.2) is 11.5 Å². The molecule has 4 aromatic rings. The Morgan fingerprint density at radius 3 is 3.07 bits per heavy atom. The number of hydrogen-bond donors (Lipinski definition) is 3. The molecular formula is C17H14ClN7O2. The highest BCUT2D eigenvalue weighted by Crippen LogP contribution is 2.35. The SMILES string of the molecule is COc1ccc(Cl)cc1-c1[nH]ncc1NC(=O)c1c(N)nn2cccnc12. The summed E-state index contributed by atoms with van der Waals surface area (Å²) in [6.07, 6.45) is 4.71. The molecular weight excluding hydrogens is 370 g/mol. The Morgan fingerprint density at radius 2 is 2.26 bits per heavy atom. The molecule has 0 unspecified atom stereocenters. The summed E-state index contributed by atoms with van der Waals surface area (Å²) in [4.78, 5) is 17.0. The van der Waals surface area contributed by atoms with Crippen LogP contribution in [-0.2, 0) is 0 Å². The summed E-state index contributed by atoms with van der Waals surface area (Å²) in [7, 11) is 1.55. The number of anilines is 2. The van der Waals surface area contributed by atoms with E-state index in [4.69, 9.17) is 22.1 Å². The molecule has 1 amide bonds. The van der Waals surface area contributed by atoms with E-state index in [0.717, 1.165) is 0 Å². The average Bonchev–Trinajstić information content (AvgIpc) is 3.24. The first-order chi connectivity index (χ1) is 13.1. The fraction of sp³-hybridized carbons (Fsp3) is 0.0588. The van der Waals surface area contributed by atoms with Gasteiger partial charge in [-0.15, -0.1) is 5.10 Å². The molecule has 10 heteroatoms. The number of ether oxygens (including phenoxy) is 1. The number of methoxy groups -OCH3 is 1. The third kappa shape index (κ3) is 2.93. The van der Waals surface area contributed by atoms with Gasteiger partial charge in [-0.1, -0.05) is 11.6 Å². The lowest BCUT2D eigenvalue weighted by Crippen LogP contribution is -2.14. The second-order valence-corrected chi connectivity index (χ2v) is 6.04. The number of H-pyrrole nitrogens is 1. The molecule has 27 heavy (non-hydrogen) atoms. The summed E-state index contributed by atoms with van der Waals surface area (Å²) in [5.41, 5.74) is 8.09.